The topological polar surface area (TPSA) is 66.8 Å². The summed E-state index contributed by atoms with van der Waals surface area (Å²) < 4.78 is 4.70. The molecule has 1 aliphatic rings. The lowest BCUT2D eigenvalue weighted by molar-refractivity contribution is -0.145. The van der Waals surface area contributed by atoms with Crippen molar-refractivity contribution < 1.29 is 19.4 Å². The second-order valence-corrected chi connectivity index (χ2v) is 4.65. The summed E-state index contributed by atoms with van der Waals surface area (Å²) in [6, 6.07) is 8.37. The van der Waals surface area contributed by atoms with Gasteiger partial charge in [0.05, 0.1) is 19.8 Å². The molecule has 1 N–H and O–H groups in total. The monoisotopic (exact) mass is 263 g/mol. The zero-order valence-corrected chi connectivity index (χ0v) is 10.8. The van der Waals surface area contributed by atoms with E-state index in [1.807, 2.05) is 6.07 Å². The molecule has 1 fully saturated rings. The number of ketones is 1. The predicted octanol–water partition coefficient (Wildman–Crippen LogP) is 0.477. The quantitative estimate of drug-likeness (QED) is 0.632. The minimum atomic E-state index is -0.590. The molecule has 1 aromatic carbocycles. The summed E-state index contributed by atoms with van der Waals surface area (Å²) >= 11 is 0. The van der Waals surface area contributed by atoms with Gasteiger partial charge in [0.25, 0.3) is 0 Å². The molecule has 0 radical (unpaired) electrons. The van der Waals surface area contributed by atoms with E-state index in [1.54, 1.807) is 29.2 Å². The van der Waals surface area contributed by atoms with Gasteiger partial charge < -0.3 is 9.84 Å². The summed E-state index contributed by atoms with van der Waals surface area (Å²) in [5.41, 5.74) is 0.604. The van der Waals surface area contributed by atoms with E-state index in [1.165, 1.54) is 7.11 Å². The van der Waals surface area contributed by atoms with Gasteiger partial charge in [0.15, 0.2) is 5.78 Å². The Hall–Kier alpha value is -1.72. The molecule has 0 aliphatic carbocycles. The molecule has 2 rings (SSSR count). The van der Waals surface area contributed by atoms with E-state index in [-0.39, 0.29) is 12.3 Å². The van der Waals surface area contributed by atoms with Gasteiger partial charge in [-0.05, 0) is 0 Å². The van der Waals surface area contributed by atoms with E-state index in [0.29, 0.717) is 18.5 Å². The van der Waals surface area contributed by atoms with Gasteiger partial charge in [0.1, 0.15) is 6.04 Å². The lowest BCUT2D eigenvalue weighted by Gasteiger charge is -2.20. The maximum Gasteiger partial charge on any atom is 0.323 e. The van der Waals surface area contributed by atoms with Crippen LogP contribution >= 0.6 is 0 Å². The SMILES string of the molecule is COC(=O)C1CC(O)CN1CC(=O)c1ccccc1. The number of aliphatic hydroxyl groups excluding tert-OH is 1. The molecular weight excluding hydrogens is 246 g/mol. The van der Waals surface area contributed by atoms with Crippen LogP contribution in [0.3, 0.4) is 0 Å². The first kappa shape index (κ1) is 13.7. The Morgan fingerprint density at radius 2 is 2.05 bits per heavy atom. The number of hydrogen-bond acceptors (Lipinski definition) is 5. The first-order valence-corrected chi connectivity index (χ1v) is 6.20. The predicted molar refractivity (Wildman–Crippen MR) is 68.8 cm³/mol. The van der Waals surface area contributed by atoms with Crippen molar-refractivity contribution in [2.24, 2.45) is 0 Å². The van der Waals surface area contributed by atoms with Crippen molar-refractivity contribution in [2.75, 3.05) is 20.2 Å². The number of likely N-dealkylation sites (tertiary alicyclic amines) is 1. The fraction of sp³-hybridized carbons (Fsp3) is 0.429. The highest BCUT2D eigenvalue weighted by molar-refractivity contribution is 5.97. The van der Waals surface area contributed by atoms with Crippen molar-refractivity contribution in [3.8, 4) is 0 Å². The van der Waals surface area contributed by atoms with Gasteiger partial charge in [0, 0.05) is 18.5 Å². The second-order valence-electron chi connectivity index (χ2n) is 4.65. The van der Waals surface area contributed by atoms with Crippen LogP contribution in [0.25, 0.3) is 0 Å². The number of β-amino-alcohol motifs (C(OH)–C–C–N with tert-alkyl or cyclic N) is 1. The Bertz CT molecular complexity index is 460. The number of rotatable bonds is 4. The normalized spacial score (nSPS) is 23.3. The summed E-state index contributed by atoms with van der Waals surface area (Å²) in [7, 11) is 1.31. The molecule has 102 valence electrons. The molecule has 1 saturated heterocycles. The molecule has 5 nitrogen and oxygen atoms in total. The van der Waals surface area contributed by atoms with Crippen molar-refractivity contribution in [1.29, 1.82) is 0 Å². The minimum Gasteiger partial charge on any atom is -0.468 e. The molecule has 0 amide bonds. The third kappa shape index (κ3) is 3.19. The van der Waals surface area contributed by atoms with Crippen LogP contribution in [-0.4, -0.2) is 54.1 Å². The highest BCUT2D eigenvalue weighted by Crippen LogP contribution is 2.19. The average molecular weight is 263 g/mol. The molecule has 1 aliphatic heterocycles. The van der Waals surface area contributed by atoms with Crippen molar-refractivity contribution in [3.63, 3.8) is 0 Å². The van der Waals surface area contributed by atoms with Crippen molar-refractivity contribution >= 4 is 11.8 Å². The molecule has 5 heteroatoms. The number of nitrogens with zero attached hydrogens (tertiary/aromatic N) is 1. The molecule has 2 unspecified atom stereocenters. The number of carbonyl (C=O) groups excluding carboxylic acids is 2. The Kier molecular flexibility index (Phi) is 4.29. The van der Waals surface area contributed by atoms with Crippen LogP contribution in [0.5, 0.6) is 0 Å². The van der Waals surface area contributed by atoms with Crippen LogP contribution in [0.15, 0.2) is 30.3 Å². The number of benzene rings is 1. The highest BCUT2D eigenvalue weighted by Gasteiger charge is 2.37. The number of ether oxygens (including phenoxy) is 1. The Morgan fingerprint density at radius 3 is 2.68 bits per heavy atom. The molecular formula is C14H17NO4. The van der Waals surface area contributed by atoms with Crippen LogP contribution in [0.4, 0.5) is 0 Å². The zero-order valence-electron chi connectivity index (χ0n) is 10.8. The van der Waals surface area contributed by atoms with Gasteiger partial charge in [-0.1, -0.05) is 30.3 Å². The second kappa shape index (κ2) is 5.95. The van der Waals surface area contributed by atoms with E-state index >= 15 is 0 Å². The van der Waals surface area contributed by atoms with Gasteiger partial charge in [-0.25, -0.2) is 0 Å². The largest absolute Gasteiger partial charge is 0.468 e. The third-order valence-electron chi connectivity index (χ3n) is 3.30. The molecule has 2 atom stereocenters. The first-order chi connectivity index (χ1) is 9.11. The maximum absolute atomic E-state index is 12.1. The van der Waals surface area contributed by atoms with E-state index in [2.05, 4.69) is 0 Å². The molecule has 19 heavy (non-hydrogen) atoms. The highest BCUT2D eigenvalue weighted by atomic mass is 16.5. The zero-order chi connectivity index (χ0) is 13.8. The Morgan fingerprint density at radius 1 is 1.37 bits per heavy atom. The lowest BCUT2D eigenvalue weighted by Crippen LogP contribution is -2.40. The van der Waals surface area contributed by atoms with Gasteiger partial charge in [-0.15, -0.1) is 0 Å². The minimum absolute atomic E-state index is 0.0661. The van der Waals surface area contributed by atoms with E-state index in [9.17, 15) is 14.7 Å². The van der Waals surface area contributed by atoms with E-state index < -0.39 is 18.1 Å². The molecule has 0 bridgehead atoms. The summed E-state index contributed by atoms with van der Waals surface area (Å²) in [6.45, 7) is 0.430. The standard InChI is InChI=1S/C14H17NO4/c1-19-14(18)12-7-11(16)8-15(12)9-13(17)10-5-3-2-4-6-10/h2-6,11-12,16H,7-9H2,1H3. The summed E-state index contributed by atoms with van der Waals surface area (Å²) in [4.78, 5) is 25.4. The van der Waals surface area contributed by atoms with Crippen molar-refractivity contribution in [2.45, 2.75) is 18.6 Å². The Balaban J connectivity index is 2.05. The lowest BCUT2D eigenvalue weighted by atomic mass is 10.1. The summed E-state index contributed by atoms with van der Waals surface area (Å²) in [5, 5.41) is 9.64. The summed E-state index contributed by atoms with van der Waals surface area (Å²) in [5.74, 6) is -0.471. The molecule has 1 aromatic rings. The van der Waals surface area contributed by atoms with E-state index in [0.717, 1.165) is 0 Å². The Labute approximate surface area is 111 Å². The molecule has 0 saturated carbocycles. The molecule has 0 spiro atoms. The van der Waals surface area contributed by atoms with Crippen LogP contribution in [0.2, 0.25) is 0 Å². The van der Waals surface area contributed by atoms with Gasteiger partial charge in [-0.2, -0.15) is 0 Å². The van der Waals surface area contributed by atoms with Crippen molar-refractivity contribution in [3.05, 3.63) is 35.9 Å². The number of Topliss-reactive ketones (excluding diaryl/α,β-unsaturated/α-hetero) is 1. The molecule has 0 aromatic heterocycles. The van der Waals surface area contributed by atoms with E-state index in [4.69, 9.17) is 4.74 Å². The van der Waals surface area contributed by atoms with Crippen LogP contribution in [-0.2, 0) is 9.53 Å². The number of methoxy groups -OCH3 is 1. The smallest absolute Gasteiger partial charge is 0.323 e. The number of carbonyl (C=O) groups is 2. The van der Waals surface area contributed by atoms with Crippen LogP contribution in [0.1, 0.15) is 16.8 Å². The average Bonchev–Trinajstić information content (AvgIpc) is 2.79. The number of hydrogen-bond donors (Lipinski definition) is 1. The third-order valence-corrected chi connectivity index (χ3v) is 3.30. The number of aliphatic hydroxyl groups is 1. The fourth-order valence-electron chi connectivity index (χ4n) is 2.34. The summed E-state index contributed by atoms with van der Waals surface area (Å²) in [6.07, 6.45) is -0.276. The van der Waals surface area contributed by atoms with Gasteiger partial charge in [0.2, 0.25) is 0 Å². The van der Waals surface area contributed by atoms with Gasteiger partial charge >= 0.3 is 5.97 Å². The maximum atomic E-state index is 12.1. The van der Waals surface area contributed by atoms with Crippen molar-refractivity contribution in [1.82, 2.24) is 4.90 Å². The van der Waals surface area contributed by atoms with Crippen LogP contribution in [0, 0.1) is 0 Å². The number of esters is 1. The first-order valence-electron chi connectivity index (χ1n) is 6.20. The fourth-order valence-corrected chi connectivity index (χ4v) is 2.34. The van der Waals surface area contributed by atoms with Gasteiger partial charge in [-0.3, -0.25) is 14.5 Å². The van der Waals surface area contributed by atoms with Crippen LogP contribution < -0.4 is 0 Å². The molecule has 1 heterocycles.